The van der Waals surface area contributed by atoms with Crippen molar-refractivity contribution in [2.75, 3.05) is 18.1 Å². The summed E-state index contributed by atoms with van der Waals surface area (Å²) in [6.07, 6.45) is -3.99. The molecule has 2 rings (SSSR count). The van der Waals surface area contributed by atoms with Gasteiger partial charge in [0, 0.05) is 24.9 Å². The van der Waals surface area contributed by atoms with Gasteiger partial charge in [-0.3, -0.25) is 10.1 Å². The topological polar surface area (TPSA) is 81.4 Å². The highest BCUT2D eigenvalue weighted by Crippen LogP contribution is 2.36. The van der Waals surface area contributed by atoms with Crippen LogP contribution in [0.2, 0.25) is 0 Å². The predicted molar refractivity (Wildman–Crippen MR) is 93.1 cm³/mol. The van der Waals surface area contributed by atoms with Crippen molar-refractivity contribution in [1.82, 2.24) is 9.97 Å². The maximum absolute atomic E-state index is 13.2. The molecule has 0 N–H and O–H groups in total. The summed E-state index contributed by atoms with van der Waals surface area (Å²) in [4.78, 5) is 19.6. The van der Waals surface area contributed by atoms with Crippen molar-refractivity contribution < 1.29 is 22.8 Å². The molecule has 27 heavy (non-hydrogen) atoms. The van der Waals surface area contributed by atoms with E-state index in [1.165, 1.54) is 23.1 Å². The highest BCUT2D eigenvalue weighted by molar-refractivity contribution is 5.61. The molecular weight excluding hydrogens is 365 g/mol. The number of hydrogen-bond donors (Lipinski definition) is 0. The van der Waals surface area contributed by atoms with Gasteiger partial charge in [0.1, 0.15) is 5.56 Å². The third-order valence-corrected chi connectivity index (χ3v) is 3.51. The fourth-order valence-corrected chi connectivity index (χ4v) is 2.25. The van der Waals surface area contributed by atoms with E-state index in [2.05, 4.69) is 9.97 Å². The maximum atomic E-state index is 13.2. The monoisotopic (exact) mass is 384 g/mol. The van der Waals surface area contributed by atoms with E-state index >= 15 is 0 Å². The molecule has 0 aliphatic heterocycles. The minimum absolute atomic E-state index is 0.00329. The van der Waals surface area contributed by atoms with Gasteiger partial charge in [-0.15, -0.1) is 0 Å². The number of benzene rings is 1. The van der Waals surface area contributed by atoms with E-state index in [0.717, 1.165) is 0 Å². The first kappa shape index (κ1) is 20.4. The van der Waals surface area contributed by atoms with Crippen molar-refractivity contribution >= 4 is 17.3 Å². The molecule has 0 radical (unpaired) electrons. The van der Waals surface area contributed by atoms with Crippen LogP contribution in [0.4, 0.5) is 30.5 Å². The van der Waals surface area contributed by atoms with Crippen LogP contribution in [0.3, 0.4) is 0 Å². The Morgan fingerprint density at radius 3 is 2.59 bits per heavy atom. The minimum atomic E-state index is -4.66. The highest BCUT2D eigenvalue weighted by Gasteiger charge is 2.36. The molecule has 2 aromatic rings. The number of rotatable bonds is 7. The van der Waals surface area contributed by atoms with Gasteiger partial charge in [0.25, 0.3) is 5.69 Å². The Bertz CT molecular complexity index is 812. The Hall–Kier alpha value is -2.91. The second-order valence-electron chi connectivity index (χ2n) is 6.11. The van der Waals surface area contributed by atoms with Crippen LogP contribution >= 0.6 is 0 Å². The lowest BCUT2D eigenvalue weighted by Gasteiger charge is -2.22. The number of nitro groups is 1. The predicted octanol–water partition coefficient (Wildman–Crippen LogP) is 4.60. The van der Waals surface area contributed by atoms with Crippen LogP contribution in [0.5, 0.6) is 5.88 Å². The van der Waals surface area contributed by atoms with Crippen LogP contribution in [-0.4, -0.2) is 28.0 Å². The summed E-state index contributed by atoms with van der Waals surface area (Å²) in [5, 5.41) is 11.0. The standard InChI is InChI=1S/C17H19F3N4O3/c1-4-23(12-6-5-7-13(8-12)24(25)26)16-21-9-14(17(18,19)20)15(22-16)27-10-11(2)3/h5-9,11H,4,10H2,1-3H3. The molecule has 1 aromatic carbocycles. The summed E-state index contributed by atoms with van der Waals surface area (Å²) in [5.41, 5.74) is -0.822. The van der Waals surface area contributed by atoms with Crippen molar-refractivity contribution in [2.45, 2.75) is 26.9 Å². The van der Waals surface area contributed by atoms with Crippen LogP contribution in [0.25, 0.3) is 0 Å². The van der Waals surface area contributed by atoms with E-state index in [-0.39, 0.29) is 30.7 Å². The van der Waals surface area contributed by atoms with E-state index in [0.29, 0.717) is 11.9 Å². The first-order valence-electron chi connectivity index (χ1n) is 8.22. The number of nitrogens with zero attached hydrogens (tertiary/aromatic N) is 4. The number of non-ortho nitro benzene ring substituents is 1. The molecule has 1 aromatic heterocycles. The van der Waals surface area contributed by atoms with Gasteiger partial charge >= 0.3 is 6.18 Å². The smallest absolute Gasteiger partial charge is 0.423 e. The van der Waals surface area contributed by atoms with Gasteiger partial charge < -0.3 is 9.64 Å². The van der Waals surface area contributed by atoms with Crippen molar-refractivity contribution in [3.63, 3.8) is 0 Å². The third kappa shape index (κ3) is 5.05. The molecule has 0 saturated carbocycles. The molecule has 10 heteroatoms. The number of nitro benzene ring substituents is 1. The molecule has 1 heterocycles. The number of hydrogen-bond acceptors (Lipinski definition) is 6. The molecule has 0 unspecified atom stereocenters. The van der Waals surface area contributed by atoms with Gasteiger partial charge in [0.05, 0.1) is 17.2 Å². The van der Waals surface area contributed by atoms with Crippen LogP contribution in [-0.2, 0) is 6.18 Å². The molecule has 0 spiro atoms. The van der Waals surface area contributed by atoms with E-state index in [4.69, 9.17) is 4.74 Å². The third-order valence-electron chi connectivity index (χ3n) is 3.51. The van der Waals surface area contributed by atoms with Crippen molar-refractivity contribution in [3.8, 4) is 5.88 Å². The second-order valence-corrected chi connectivity index (χ2v) is 6.11. The number of ether oxygens (including phenoxy) is 1. The van der Waals surface area contributed by atoms with Crippen molar-refractivity contribution in [3.05, 3.63) is 46.1 Å². The summed E-state index contributed by atoms with van der Waals surface area (Å²) < 4.78 is 44.9. The van der Waals surface area contributed by atoms with Crippen LogP contribution in [0, 0.1) is 16.0 Å². The zero-order valence-corrected chi connectivity index (χ0v) is 15.0. The number of alkyl halides is 3. The lowest BCUT2D eigenvalue weighted by Crippen LogP contribution is -2.21. The molecule has 0 bridgehead atoms. The highest BCUT2D eigenvalue weighted by atomic mass is 19.4. The molecule has 0 aliphatic rings. The van der Waals surface area contributed by atoms with Gasteiger partial charge in [-0.1, -0.05) is 19.9 Å². The quantitative estimate of drug-likeness (QED) is 0.513. The average Bonchev–Trinajstić information content (AvgIpc) is 2.60. The average molecular weight is 384 g/mol. The minimum Gasteiger partial charge on any atom is -0.477 e. The fourth-order valence-electron chi connectivity index (χ4n) is 2.25. The van der Waals surface area contributed by atoms with Gasteiger partial charge in [-0.05, 0) is 18.9 Å². The Kier molecular flexibility index (Phi) is 6.19. The normalized spacial score (nSPS) is 11.5. The molecule has 0 amide bonds. The van der Waals surface area contributed by atoms with E-state index in [1.807, 2.05) is 0 Å². The summed E-state index contributed by atoms with van der Waals surface area (Å²) in [6, 6.07) is 5.70. The molecule has 0 atom stereocenters. The van der Waals surface area contributed by atoms with Crippen LogP contribution in [0.1, 0.15) is 26.3 Å². The number of halogens is 3. The van der Waals surface area contributed by atoms with E-state index in [9.17, 15) is 23.3 Å². The summed E-state index contributed by atoms with van der Waals surface area (Å²) in [6.45, 7) is 5.68. The van der Waals surface area contributed by atoms with Gasteiger partial charge in [-0.2, -0.15) is 18.2 Å². The van der Waals surface area contributed by atoms with E-state index in [1.54, 1.807) is 26.8 Å². The molecule has 0 aliphatic carbocycles. The summed E-state index contributed by atoms with van der Waals surface area (Å²) in [7, 11) is 0. The number of aromatic nitrogens is 2. The molecular formula is C17H19F3N4O3. The second kappa shape index (κ2) is 8.19. The Balaban J connectivity index is 2.47. The number of anilines is 2. The lowest BCUT2D eigenvalue weighted by atomic mass is 10.2. The molecule has 7 nitrogen and oxygen atoms in total. The Morgan fingerprint density at radius 2 is 2.04 bits per heavy atom. The zero-order chi connectivity index (χ0) is 20.2. The largest absolute Gasteiger partial charge is 0.477 e. The SMILES string of the molecule is CCN(c1cccc([N+](=O)[O-])c1)c1ncc(C(F)(F)F)c(OCC(C)C)n1. The van der Waals surface area contributed by atoms with Crippen molar-refractivity contribution in [2.24, 2.45) is 5.92 Å². The van der Waals surface area contributed by atoms with Gasteiger partial charge in [0.15, 0.2) is 0 Å². The fraction of sp³-hybridized carbons (Fsp3) is 0.412. The first-order chi connectivity index (χ1) is 12.6. The molecule has 0 fully saturated rings. The summed E-state index contributed by atoms with van der Waals surface area (Å²) in [5.74, 6) is -0.599. The van der Waals surface area contributed by atoms with Crippen LogP contribution < -0.4 is 9.64 Å². The van der Waals surface area contributed by atoms with Crippen LogP contribution in [0.15, 0.2) is 30.5 Å². The lowest BCUT2D eigenvalue weighted by molar-refractivity contribution is -0.384. The molecule has 0 saturated heterocycles. The maximum Gasteiger partial charge on any atom is 0.423 e. The van der Waals surface area contributed by atoms with E-state index < -0.39 is 22.5 Å². The Labute approximate surface area is 154 Å². The molecule has 146 valence electrons. The first-order valence-corrected chi connectivity index (χ1v) is 8.22. The zero-order valence-electron chi connectivity index (χ0n) is 15.0. The Morgan fingerprint density at radius 1 is 1.33 bits per heavy atom. The summed E-state index contributed by atoms with van der Waals surface area (Å²) >= 11 is 0. The van der Waals surface area contributed by atoms with Crippen molar-refractivity contribution in [1.29, 1.82) is 0 Å². The van der Waals surface area contributed by atoms with Gasteiger partial charge in [0.2, 0.25) is 11.8 Å². The van der Waals surface area contributed by atoms with Gasteiger partial charge in [-0.25, -0.2) is 4.98 Å².